The topological polar surface area (TPSA) is 74.8 Å². The summed E-state index contributed by atoms with van der Waals surface area (Å²) in [4.78, 5) is 15.8. The summed E-state index contributed by atoms with van der Waals surface area (Å²) in [6, 6.07) is 10.5. The maximum Gasteiger partial charge on any atom is 0.336 e. The lowest BCUT2D eigenvalue weighted by Gasteiger charge is -2.05. The van der Waals surface area contributed by atoms with E-state index in [0.717, 1.165) is 5.56 Å². The molecule has 0 spiro atoms. The van der Waals surface area contributed by atoms with Crippen LogP contribution in [0.25, 0.3) is 16.9 Å². The lowest BCUT2D eigenvalue weighted by molar-refractivity contribution is 0.0697. The number of imidazole rings is 1. The van der Waals surface area contributed by atoms with Crippen LogP contribution in [-0.2, 0) is 6.61 Å². The highest BCUT2D eigenvalue weighted by molar-refractivity contribution is 5.96. The molecule has 1 aromatic carbocycles. The summed E-state index contributed by atoms with van der Waals surface area (Å²) >= 11 is 0. The van der Waals surface area contributed by atoms with Gasteiger partial charge in [-0.25, -0.2) is 9.78 Å². The van der Waals surface area contributed by atoms with Crippen molar-refractivity contribution in [2.45, 2.75) is 13.5 Å². The highest BCUT2D eigenvalue weighted by Crippen LogP contribution is 2.28. The van der Waals surface area contributed by atoms with E-state index in [9.17, 15) is 15.0 Å². The summed E-state index contributed by atoms with van der Waals surface area (Å²) in [5, 5.41) is 19.0. The molecule has 0 atom stereocenters. The molecule has 0 aliphatic carbocycles. The number of aryl methyl sites for hydroxylation is 1. The molecule has 5 heteroatoms. The van der Waals surface area contributed by atoms with Crippen molar-refractivity contribution in [2.75, 3.05) is 0 Å². The number of rotatable bonds is 3. The van der Waals surface area contributed by atoms with Crippen molar-refractivity contribution in [3.8, 4) is 11.3 Å². The lowest BCUT2D eigenvalue weighted by Crippen LogP contribution is -2.01. The van der Waals surface area contributed by atoms with Crippen molar-refractivity contribution in [1.82, 2.24) is 9.38 Å². The molecule has 0 radical (unpaired) electrons. The predicted octanol–water partition coefficient (Wildman–Crippen LogP) is 2.50. The Hall–Kier alpha value is -2.66. The van der Waals surface area contributed by atoms with Crippen molar-refractivity contribution < 1.29 is 15.0 Å². The molecule has 0 saturated heterocycles. The first-order valence-corrected chi connectivity index (χ1v) is 6.53. The Morgan fingerprint density at radius 3 is 2.71 bits per heavy atom. The van der Waals surface area contributed by atoms with Gasteiger partial charge in [-0.05, 0) is 24.6 Å². The van der Waals surface area contributed by atoms with Crippen molar-refractivity contribution in [3.63, 3.8) is 0 Å². The number of pyridine rings is 1. The van der Waals surface area contributed by atoms with Gasteiger partial charge in [0.15, 0.2) is 0 Å². The highest BCUT2D eigenvalue weighted by Gasteiger charge is 2.18. The Labute approximate surface area is 121 Å². The number of aliphatic hydroxyl groups excluding tert-OH is 1. The van der Waals surface area contributed by atoms with Gasteiger partial charge in [-0.15, -0.1) is 0 Å². The quantitative estimate of drug-likeness (QED) is 0.774. The molecule has 5 nitrogen and oxygen atoms in total. The number of nitrogens with zero attached hydrogens (tertiary/aromatic N) is 2. The number of carbonyl (C=O) groups is 1. The molecule has 3 rings (SSSR count). The second-order valence-corrected chi connectivity index (χ2v) is 4.85. The first kappa shape index (κ1) is 13.3. The van der Waals surface area contributed by atoms with E-state index in [0.29, 0.717) is 22.6 Å². The molecule has 3 aromatic rings. The Balaban J connectivity index is 2.33. The number of carboxylic acid groups (broad SMARTS) is 1. The first-order valence-electron chi connectivity index (χ1n) is 6.53. The number of aliphatic hydroxyl groups is 1. The summed E-state index contributed by atoms with van der Waals surface area (Å²) < 4.78 is 1.79. The maximum absolute atomic E-state index is 11.4. The molecule has 0 bridgehead atoms. The molecular weight excluding hydrogens is 268 g/mol. The third-order valence-electron chi connectivity index (χ3n) is 3.43. The SMILES string of the molecule is Cc1ccc2nc(-c3ccccc3C(=O)O)c(CO)n2c1. The number of hydrogen-bond donors (Lipinski definition) is 2. The van der Waals surface area contributed by atoms with Crippen LogP contribution in [0.4, 0.5) is 0 Å². The van der Waals surface area contributed by atoms with Crippen LogP contribution in [0.5, 0.6) is 0 Å². The van der Waals surface area contributed by atoms with E-state index in [2.05, 4.69) is 4.98 Å². The maximum atomic E-state index is 11.4. The summed E-state index contributed by atoms with van der Waals surface area (Å²) in [7, 11) is 0. The van der Waals surface area contributed by atoms with Crippen LogP contribution in [0.15, 0.2) is 42.6 Å². The molecule has 2 aromatic heterocycles. The standard InChI is InChI=1S/C16H14N2O3/c1-10-6-7-14-17-15(13(9-19)18(14)8-10)11-4-2-3-5-12(11)16(20)21/h2-8,19H,9H2,1H3,(H,20,21). The van der Waals surface area contributed by atoms with E-state index in [-0.39, 0.29) is 12.2 Å². The number of hydrogen-bond acceptors (Lipinski definition) is 3. The van der Waals surface area contributed by atoms with Gasteiger partial charge in [0.25, 0.3) is 0 Å². The number of aromatic carboxylic acids is 1. The number of benzene rings is 1. The lowest BCUT2D eigenvalue weighted by atomic mass is 10.0. The van der Waals surface area contributed by atoms with E-state index in [1.54, 1.807) is 22.6 Å². The Kier molecular flexibility index (Phi) is 3.19. The molecule has 0 aliphatic heterocycles. The molecule has 0 aliphatic rings. The van der Waals surface area contributed by atoms with Crippen LogP contribution in [0.1, 0.15) is 21.6 Å². The summed E-state index contributed by atoms with van der Waals surface area (Å²) in [6.45, 7) is 1.74. The zero-order valence-electron chi connectivity index (χ0n) is 11.4. The van der Waals surface area contributed by atoms with Gasteiger partial charge in [0.05, 0.1) is 23.6 Å². The van der Waals surface area contributed by atoms with Gasteiger partial charge in [-0.1, -0.05) is 24.3 Å². The van der Waals surface area contributed by atoms with Gasteiger partial charge in [0.1, 0.15) is 5.65 Å². The first-order chi connectivity index (χ1) is 10.1. The smallest absolute Gasteiger partial charge is 0.336 e. The summed E-state index contributed by atoms with van der Waals surface area (Å²) in [5.41, 5.74) is 3.48. The van der Waals surface area contributed by atoms with Crippen LogP contribution in [0.3, 0.4) is 0 Å². The van der Waals surface area contributed by atoms with Crippen LogP contribution >= 0.6 is 0 Å². The van der Waals surface area contributed by atoms with Gasteiger partial charge in [0.2, 0.25) is 0 Å². The molecular formula is C16H14N2O3. The van der Waals surface area contributed by atoms with E-state index in [4.69, 9.17) is 0 Å². The van der Waals surface area contributed by atoms with Crippen LogP contribution in [0, 0.1) is 6.92 Å². The molecule has 0 amide bonds. The number of fused-ring (bicyclic) bond motifs is 1. The highest BCUT2D eigenvalue weighted by atomic mass is 16.4. The van der Waals surface area contributed by atoms with Gasteiger partial charge in [0, 0.05) is 11.8 Å². The van der Waals surface area contributed by atoms with E-state index in [1.165, 1.54) is 6.07 Å². The van der Waals surface area contributed by atoms with E-state index < -0.39 is 5.97 Å². The van der Waals surface area contributed by atoms with Crippen molar-refractivity contribution >= 4 is 11.6 Å². The monoisotopic (exact) mass is 282 g/mol. The van der Waals surface area contributed by atoms with Crippen molar-refractivity contribution in [2.24, 2.45) is 0 Å². The largest absolute Gasteiger partial charge is 0.478 e. The third-order valence-corrected chi connectivity index (χ3v) is 3.43. The summed E-state index contributed by atoms with van der Waals surface area (Å²) in [6.07, 6.45) is 1.88. The molecule has 0 saturated carbocycles. The predicted molar refractivity (Wildman–Crippen MR) is 78.2 cm³/mol. The molecule has 21 heavy (non-hydrogen) atoms. The van der Waals surface area contributed by atoms with Crippen LogP contribution in [0.2, 0.25) is 0 Å². The Bertz CT molecular complexity index is 837. The van der Waals surface area contributed by atoms with Crippen molar-refractivity contribution in [3.05, 3.63) is 59.4 Å². The van der Waals surface area contributed by atoms with E-state index >= 15 is 0 Å². The number of aromatic nitrogens is 2. The average molecular weight is 282 g/mol. The zero-order valence-corrected chi connectivity index (χ0v) is 11.4. The molecule has 0 unspecified atom stereocenters. The molecule has 2 N–H and O–H groups in total. The second-order valence-electron chi connectivity index (χ2n) is 4.85. The molecule has 0 fully saturated rings. The minimum Gasteiger partial charge on any atom is -0.478 e. The molecule has 106 valence electrons. The van der Waals surface area contributed by atoms with Gasteiger partial charge in [-0.3, -0.25) is 0 Å². The average Bonchev–Trinajstić information content (AvgIpc) is 2.84. The fourth-order valence-electron chi connectivity index (χ4n) is 2.44. The van der Waals surface area contributed by atoms with E-state index in [1.807, 2.05) is 25.3 Å². The fraction of sp³-hybridized carbons (Fsp3) is 0.125. The second kappa shape index (κ2) is 5.03. The Morgan fingerprint density at radius 2 is 2.00 bits per heavy atom. The van der Waals surface area contributed by atoms with Gasteiger partial charge < -0.3 is 14.6 Å². The Morgan fingerprint density at radius 1 is 1.24 bits per heavy atom. The third kappa shape index (κ3) is 2.17. The summed E-state index contributed by atoms with van der Waals surface area (Å²) in [5.74, 6) is -1.01. The minimum atomic E-state index is -1.01. The number of carboxylic acids is 1. The van der Waals surface area contributed by atoms with Crippen LogP contribution < -0.4 is 0 Å². The normalized spacial score (nSPS) is 11.0. The minimum absolute atomic E-state index is 0.173. The zero-order chi connectivity index (χ0) is 15.0. The fourth-order valence-corrected chi connectivity index (χ4v) is 2.44. The van der Waals surface area contributed by atoms with Gasteiger partial charge >= 0.3 is 5.97 Å². The van der Waals surface area contributed by atoms with Crippen molar-refractivity contribution in [1.29, 1.82) is 0 Å². The van der Waals surface area contributed by atoms with Gasteiger partial charge in [-0.2, -0.15) is 0 Å². The molecule has 2 heterocycles. The van der Waals surface area contributed by atoms with Crippen LogP contribution in [-0.4, -0.2) is 25.6 Å².